The molecule has 106 valence electrons. The van der Waals surface area contributed by atoms with Gasteiger partial charge in [0.05, 0.1) is 19.5 Å². The molecule has 0 radical (unpaired) electrons. The van der Waals surface area contributed by atoms with Gasteiger partial charge in [-0.2, -0.15) is 0 Å². The summed E-state index contributed by atoms with van der Waals surface area (Å²) >= 11 is 11.4. The highest BCUT2D eigenvalue weighted by Gasteiger charge is 2.20. The van der Waals surface area contributed by atoms with Crippen LogP contribution < -0.4 is 9.46 Å². The summed E-state index contributed by atoms with van der Waals surface area (Å²) in [7, 11) is -2.53. The third-order valence-corrected chi connectivity index (χ3v) is 4.07. The molecule has 1 heterocycles. The molecule has 0 fully saturated rings. The lowest BCUT2D eigenvalue weighted by Gasteiger charge is -2.11. The third kappa shape index (κ3) is 3.30. The molecule has 0 bridgehead atoms. The molecule has 0 aliphatic carbocycles. The maximum absolute atomic E-state index is 12.3. The first-order valence-electron chi connectivity index (χ1n) is 5.26. The average Bonchev–Trinajstić information content (AvgIpc) is 2.37. The van der Waals surface area contributed by atoms with Crippen LogP contribution in [0.25, 0.3) is 0 Å². The van der Waals surface area contributed by atoms with Crippen molar-refractivity contribution in [3.63, 3.8) is 0 Å². The number of methoxy groups -OCH3 is 1. The van der Waals surface area contributed by atoms with E-state index in [9.17, 15) is 8.42 Å². The van der Waals surface area contributed by atoms with Gasteiger partial charge in [-0.15, -0.1) is 0 Å². The zero-order valence-corrected chi connectivity index (χ0v) is 12.5. The lowest BCUT2D eigenvalue weighted by Crippen LogP contribution is -2.15. The van der Waals surface area contributed by atoms with Gasteiger partial charge >= 0.3 is 0 Å². The van der Waals surface area contributed by atoms with Gasteiger partial charge in [-0.3, -0.25) is 9.71 Å². The Bertz CT molecular complexity index is 737. The molecule has 0 saturated heterocycles. The van der Waals surface area contributed by atoms with Crippen LogP contribution in [0.3, 0.4) is 0 Å². The highest BCUT2D eigenvalue weighted by atomic mass is 35.5. The molecule has 0 saturated carbocycles. The van der Waals surface area contributed by atoms with Crippen molar-refractivity contribution in [1.29, 1.82) is 0 Å². The Morgan fingerprint density at radius 1 is 1.25 bits per heavy atom. The Labute approximate surface area is 125 Å². The maximum Gasteiger partial charge on any atom is 0.266 e. The number of rotatable bonds is 4. The molecule has 0 unspecified atom stereocenters. The molecule has 0 aliphatic heterocycles. The lowest BCUT2D eigenvalue weighted by atomic mass is 10.3. The first-order valence-corrected chi connectivity index (χ1v) is 7.50. The van der Waals surface area contributed by atoms with Gasteiger partial charge in [0.25, 0.3) is 10.0 Å². The molecule has 0 aliphatic rings. The highest BCUT2D eigenvalue weighted by molar-refractivity contribution is 7.92. The Balaban J connectivity index is 2.40. The van der Waals surface area contributed by atoms with Gasteiger partial charge in [0.2, 0.25) is 0 Å². The zero-order valence-electron chi connectivity index (χ0n) is 10.2. The monoisotopic (exact) mass is 333 g/mol. The number of hydrogen-bond donors (Lipinski definition) is 1. The number of halogens is 2. The number of anilines is 1. The second kappa shape index (κ2) is 5.82. The largest absolute Gasteiger partial charge is 0.495 e. The third-order valence-electron chi connectivity index (χ3n) is 2.26. The van der Waals surface area contributed by atoms with Crippen LogP contribution in [-0.2, 0) is 10.0 Å². The number of ether oxygens (including phenoxy) is 1. The van der Waals surface area contributed by atoms with E-state index >= 15 is 0 Å². The summed E-state index contributed by atoms with van der Waals surface area (Å²) in [6.45, 7) is 0. The summed E-state index contributed by atoms with van der Waals surface area (Å²) in [6.07, 6.45) is 2.54. The van der Waals surface area contributed by atoms with Crippen molar-refractivity contribution in [2.24, 2.45) is 0 Å². The molecule has 0 amide bonds. The zero-order chi connectivity index (χ0) is 14.8. The number of hydrogen-bond acceptors (Lipinski definition) is 5. The Kier molecular flexibility index (Phi) is 4.32. The van der Waals surface area contributed by atoms with Crippen LogP contribution in [0.1, 0.15) is 0 Å². The number of nitrogens with one attached hydrogen (secondary N) is 1. The Morgan fingerprint density at radius 2 is 2.00 bits per heavy atom. The van der Waals surface area contributed by atoms with Crippen LogP contribution in [0, 0.1) is 0 Å². The van der Waals surface area contributed by atoms with E-state index in [-0.39, 0.29) is 21.6 Å². The van der Waals surface area contributed by atoms with E-state index < -0.39 is 10.0 Å². The van der Waals surface area contributed by atoms with Gasteiger partial charge in [0.15, 0.2) is 5.82 Å². The minimum Gasteiger partial charge on any atom is -0.495 e. The molecule has 6 nitrogen and oxygen atoms in total. The lowest BCUT2D eigenvalue weighted by molar-refractivity contribution is 0.403. The Hall–Kier alpha value is -1.57. The predicted molar refractivity (Wildman–Crippen MR) is 75.9 cm³/mol. The van der Waals surface area contributed by atoms with E-state index in [2.05, 4.69) is 14.7 Å². The number of aromatic nitrogens is 2. The van der Waals surface area contributed by atoms with Crippen LogP contribution in [0.4, 0.5) is 5.82 Å². The molecule has 9 heteroatoms. The van der Waals surface area contributed by atoms with Crippen molar-refractivity contribution < 1.29 is 13.2 Å². The number of benzene rings is 1. The number of nitrogens with zero attached hydrogens (tertiary/aromatic N) is 2. The van der Waals surface area contributed by atoms with E-state index in [0.29, 0.717) is 5.02 Å². The molecule has 1 N–H and O–H groups in total. The molecule has 20 heavy (non-hydrogen) atoms. The second-order valence-electron chi connectivity index (χ2n) is 3.63. The molecular formula is C11H9Cl2N3O3S. The van der Waals surface area contributed by atoms with Crippen molar-refractivity contribution in [3.05, 3.63) is 40.8 Å². The first kappa shape index (κ1) is 14.8. The number of sulfonamides is 1. The highest BCUT2D eigenvalue weighted by Crippen LogP contribution is 2.28. The van der Waals surface area contributed by atoms with Gasteiger partial charge < -0.3 is 4.74 Å². The van der Waals surface area contributed by atoms with Crippen molar-refractivity contribution in [3.8, 4) is 5.75 Å². The van der Waals surface area contributed by atoms with Gasteiger partial charge in [0.1, 0.15) is 15.8 Å². The fourth-order valence-electron chi connectivity index (χ4n) is 1.45. The quantitative estimate of drug-likeness (QED) is 0.929. The van der Waals surface area contributed by atoms with E-state index in [1.807, 2.05) is 0 Å². The summed E-state index contributed by atoms with van der Waals surface area (Å²) in [6, 6.07) is 4.18. The minimum atomic E-state index is -3.88. The van der Waals surface area contributed by atoms with E-state index in [1.54, 1.807) is 0 Å². The van der Waals surface area contributed by atoms with Crippen molar-refractivity contribution in [1.82, 2.24) is 9.97 Å². The topological polar surface area (TPSA) is 81.2 Å². The van der Waals surface area contributed by atoms with E-state index in [0.717, 1.165) is 0 Å². The second-order valence-corrected chi connectivity index (χ2v) is 6.10. The van der Waals surface area contributed by atoms with E-state index in [1.165, 1.54) is 37.7 Å². The predicted octanol–water partition coefficient (Wildman–Crippen LogP) is 2.59. The molecule has 2 rings (SSSR count). The molecule has 1 aromatic carbocycles. The van der Waals surface area contributed by atoms with Crippen LogP contribution >= 0.6 is 23.2 Å². The van der Waals surface area contributed by atoms with Crippen LogP contribution in [0.2, 0.25) is 10.2 Å². The summed E-state index contributed by atoms with van der Waals surface area (Å²) in [5.74, 6) is 0.134. The SMILES string of the molecule is COc1cc(Cl)ccc1S(=O)(=O)Nc1cncc(Cl)n1. The fourth-order valence-corrected chi connectivity index (χ4v) is 2.89. The average molecular weight is 334 g/mol. The molecule has 0 atom stereocenters. The summed E-state index contributed by atoms with van der Waals surface area (Å²) in [4.78, 5) is 7.48. The van der Waals surface area contributed by atoms with Crippen LogP contribution in [0.15, 0.2) is 35.5 Å². The Morgan fingerprint density at radius 3 is 2.65 bits per heavy atom. The van der Waals surface area contributed by atoms with Gasteiger partial charge in [-0.05, 0) is 12.1 Å². The fraction of sp³-hybridized carbons (Fsp3) is 0.0909. The standard InChI is InChI=1S/C11H9Cl2N3O3S/c1-19-8-4-7(12)2-3-9(8)20(17,18)16-11-6-14-5-10(13)15-11/h2-6H,1H3,(H,15,16). The molecule has 0 spiro atoms. The molecule has 1 aromatic heterocycles. The van der Waals surface area contributed by atoms with Crippen LogP contribution in [-0.4, -0.2) is 25.5 Å². The van der Waals surface area contributed by atoms with Crippen molar-refractivity contribution in [2.45, 2.75) is 4.90 Å². The van der Waals surface area contributed by atoms with Crippen molar-refractivity contribution >= 4 is 39.0 Å². The van der Waals surface area contributed by atoms with Crippen molar-refractivity contribution in [2.75, 3.05) is 11.8 Å². The summed E-state index contributed by atoms with van der Waals surface area (Å²) in [5.41, 5.74) is 0. The maximum atomic E-state index is 12.3. The van der Waals surface area contributed by atoms with E-state index in [4.69, 9.17) is 27.9 Å². The minimum absolute atomic E-state index is 0.00880. The first-order chi connectivity index (χ1) is 9.42. The van der Waals surface area contributed by atoms with Crippen LogP contribution in [0.5, 0.6) is 5.75 Å². The molecule has 2 aromatic rings. The summed E-state index contributed by atoms with van der Waals surface area (Å²) in [5, 5.41) is 0.441. The van der Waals surface area contributed by atoms with Gasteiger partial charge in [0, 0.05) is 11.1 Å². The van der Waals surface area contributed by atoms with Gasteiger partial charge in [-0.25, -0.2) is 13.4 Å². The normalized spacial score (nSPS) is 11.2. The summed E-state index contributed by atoms with van der Waals surface area (Å²) < 4.78 is 31.8. The van der Waals surface area contributed by atoms with Gasteiger partial charge in [-0.1, -0.05) is 23.2 Å². The molecular weight excluding hydrogens is 325 g/mol. The smallest absolute Gasteiger partial charge is 0.266 e.